The molecule has 0 aromatic rings. The lowest BCUT2D eigenvalue weighted by atomic mass is 9.93. The van der Waals surface area contributed by atoms with Crippen LogP contribution in [0.15, 0.2) is 0 Å². The average molecular weight is 274 g/mol. The minimum absolute atomic E-state index is 0.361. The summed E-state index contributed by atoms with van der Waals surface area (Å²) in [6.45, 7) is 4.77. The van der Waals surface area contributed by atoms with Crippen molar-refractivity contribution in [3.05, 3.63) is 0 Å². The van der Waals surface area contributed by atoms with E-state index >= 15 is 0 Å². The molecule has 0 aliphatic carbocycles. The van der Waals surface area contributed by atoms with Crippen LogP contribution in [0.5, 0.6) is 0 Å². The Kier molecular flexibility index (Phi) is 8.95. The van der Waals surface area contributed by atoms with Gasteiger partial charge in [0, 0.05) is 20.3 Å². The number of hydrogen-bond acceptors (Lipinski definition) is 3. The van der Waals surface area contributed by atoms with Crippen LogP contribution < -0.4 is 10.6 Å². The predicted molar refractivity (Wildman–Crippen MR) is 73.2 cm³/mol. The molecule has 3 N–H and O–H groups in total. The first-order chi connectivity index (χ1) is 9.02. The van der Waals surface area contributed by atoms with Gasteiger partial charge in [-0.15, -0.1) is 0 Å². The summed E-state index contributed by atoms with van der Waals surface area (Å²) in [6, 6.07) is -0.419. The normalized spacial score (nSPS) is 11.1. The van der Waals surface area contributed by atoms with Gasteiger partial charge in [-0.05, 0) is 32.1 Å². The van der Waals surface area contributed by atoms with E-state index in [1.54, 1.807) is 21.0 Å². The highest BCUT2D eigenvalue weighted by atomic mass is 16.5. The van der Waals surface area contributed by atoms with Crippen LogP contribution in [-0.2, 0) is 9.53 Å². The topological polar surface area (TPSA) is 87.7 Å². The zero-order valence-corrected chi connectivity index (χ0v) is 12.1. The fourth-order valence-corrected chi connectivity index (χ4v) is 1.79. The number of carboxylic acid groups (broad SMARTS) is 1. The van der Waals surface area contributed by atoms with Crippen molar-refractivity contribution in [2.75, 3.05) is 20.3 Å². The maximum absolute atomic E-state index is 11.7. The highest BCUT2D eigenvalue weighted by Crippen LogP contribution is 2.15. The average Bonchev–Trinajstić information content (AvgIpc) is 2.39. The Morgan fingerprint density at radius 3 is 2.26 bits per heavy atom. The number of rotatable bonds is 10. The number of carbonyl (C=O) groups excluding carboxylic acids is 1. The summed E-state index contributed by atoms with van der Waals surface area (Å²) >= 11 is 0. The van der Waals surface area contributed by atoms with Crippen molar-refractivity contribution in [2.24, 2.45) is 0 Å². The van der Waals surface area contributed by atoms with Crippen LogP contribution in [0.4, 0.5) is 4.79 Å². The smallest absolute Gasteiger partial charge is 0.329 e. The van der Waals surface area contributed by atoms with Gasteiger partial charge in [0.05, 0.1) is 0 Å². The van der Waals surface area contributed by atoms with Gasteiger partial charge in [-0.2, -0.15) is 0 Å². The van der Waals surface area contributed by atoms with Gasteiger partial charge in [-0.1, -0.05) is 13.8 Å². The molecule has 0 aromatic carbocycles. The molecule has 0 atom stereocenters. The van der Waals surface area contributed by atoms with E-state index in [2.05, 4.69) is 10.6 Å². The number of urea groups is 1. The fourth-order valence-electron chi connectivity index (χ4n) is 1.79. The molecule has 0 saturated carbocycles. The molecule has 6 nitrogen and oxygen atoms in total. The first kappa shape index (κ1) is 17.7. The number of hydrogen-bond donors (Lipinski definition) is 3. The summed E-state index contributed by atoms with van der Waals surface area (Å²) in [4.78, 5) is 22.9. The summed E-state index contributed by atoms with van der Waals surface area (Å²) in [5.74, 6) is -0.993. The van der Waals surface area contributed by atoms with Gasteiger partial charge in [0.1, 0.15) is 5.54 Å². The van der Waals surface area contributed by atoms with E-state index in [4.69, 9.17) is 4.74 Å². The van der Waals surface area contributed by atoms with Crippen molar-refractivity contribution in [1.82, 2.24) is 10.6 Å². The molecule has 0 spiro atoms. The number of aliphatic carboxylic acids is 1. The van der Waals surface area contributed by atoms with Crippen molar-refractivity contribution in [2.45, 2.75) is 51.5 Å². The van der Waals surface area contributed by atoms with Gasteiger partial charge in [0.2, 0.25) is 0 Å². The minimum atomic E-state index is -1.17. The predicted octanol–water partition coefficient (Wildman–Crippen LogP) is 1.75. The highest BCUT2D eigenvalue weighted by Gasteiger charge is 2.36. The van der Waals surface area contributed by atoms with Crippen molar-refractivity contribution in [3.63, 3.8) is 0 Å². The molecule has 19 heavy (non-hydrogen) atoms. The zero-order valence-electron chi connectivity index (χ0n) is 12.1. The van der Waals surface area contributed by atoms with Gasteiger partial charge in [-0.25, -0.2) is 9.59 Å². The molecule has 0 aliphatic heterocycles. The Bertz CT molecular complexity index is 278. The number of ether oxygens (including phenoxy) is 1. The van der Waals surface area contributed by atoms with Crippen LogP contribution in [0.2, 0.25) is 0 Å². The molecule has 2 amide bonds. The lowest BCUT2D eigenvalue weighted by Gasteiger charge is -2.28. The Morgan fingerprint density at radius 2 is 1.79 bits per heavy atom. The molecule has 0 saturated heterocycles. The summed E-state index contributed by atoms with van der Waals surface area (Å²) in [5.41, 5.74) is -1.17. The lowest BCUT2D eigenvalue weighted by molar-refractivity contribution is -0.144. The first-order valence-electron chi connectivity index (χ1n) is 6.80. The Morgan fingerprint density at radius 1 is 1.16 bits per heavy atom. The molecule has 0 radical (unpaired) electrons. The van der Waals surface area contributed by atoms with Gasteiger partial charge in [-0.3, -0.25) is 0 Å². The van der Waals surface area contributed by atoms with Crippen LogP contribution in [0, 0.1) is 0 Å². The monoisotopic (exact) mass is 274 g/mol. The molecule has 0 bridgehead atoms. The molecular formula is C13H26N2O4. The second-order valence-electron chi connectivity index (χ2n) is 4.53. The number of amides is 2. The second kappa shape index (κ2) is 9.61. The highest BCUT2D eigenvalue weighted by molar-refractivity contribution is 5.86. The van der Waals surface area contributed by atoms with E-state index in [0.29, 0.717) is 19.4 Å². The SMILES string of the molecule is CCC(CC)(NC(=O)NCCCCCOC)C(=O)O. The summed E-state index contributed by atoms with van der Waals surface area (Å²) in [5, 5.41) is 14.4. The summed E-state index contributed by atoms with van der Waals surface area (Å²) in [6.07, 6.45) is 3.51. The quantitative estimate of drug-likeness (QED) is 0.530. The number of methoxy groups -OCH3 is 1. The first-order valence-corrected chi connectivity index (χ1v) is 6.80. The van der Waals surface area contributed by atoms with E-state index in [9.17, 15) is 14.7 Å². The third-order valence-electron chi connectivity index (χ3n) is 3.28. The largest absolute Gasteiger partial charge is 0.480 e. The van der Waals surface area contributed by atoms with Crippen LogP contribution in [0.3, 0.4) is 0 Å². The number of carbonyl (C=O) groups is 2. The molecule has 0 rings (SSSR count). The zero-order chi connectivity index (χ0) is 14.7. The molecule has 0 aromatic heterocycles. The maximum atomic E-state index is 11.7. The van der Waals surface area contributed by atoms with Crippen LogP contribution >= 0.6 is 0 Å². The minimum Gasteiger partial charge on any atom is -0.480 e. The standard InChI is InChI=1S/C13H26N2O4/c1-4-13(5-2,11(16)17)15-12(18)14-9-7-6-8-10-19-3/h4-10H2,1-3H3,(H,16,17)(H2,14,15,18). The van der Waals surface area contributed by atoms with Crippen molar-refractivity contribution in [3.8, 4) is 0 Å². The summed E-state index contributed by atoms with van der Waals surface area (Å²) < 4.78 is 4.93. The van der Waals surface area contributed by atoms with Crippen molar-refractivity contribution < 1.29 is 19.4 Å². The molecule has 112 valence electrons. The second-order valence-corrected chi connectivity index (χ2v) is 4.53. The van der Waals surface area contributed by atoms with Gasteiger partial charge >= 0.3 is 12.0 Å². The molecule has 0 heterocycles. The van der Waals surface area contributed by atoms with E-state index in [1.807, 2.05) is 0 Å². The summed E-state index contributed by atoms with van der Waals surface area (Å²) in [7, 11) is 1.66. The maximum Gasteiger partial charge on any atom is 0.329 e. The molecule has 6 heteroatoms. The van der Waals surface area contributed by atoms with E-state index in [-0.39, 0.29) is 0 Å². The number of carboxylic acids is 1. The van der Waals surface area contributed by atoms with Gasteiger partial charge < -0.3 is 20.5 Å². The molecular weight excluding hydrogens is 248 g/mol. The van der Waals surface area contributed by atoms with E-state index in [0.717, 1.165) is 25.9 Å². The number of nitrogens with one attached hydrogen (secondary N) is 2. The van der Waals surface area contributed by atoms with Crippen LogP contribution in [-0.4, -0.2) is 42.9 Å². The van der Waals surface area contributed by atoms with E-state index in [1.165, 1.54) is 0 Å². The van der Waals surface area contributed by atoms with Crippen LogP contribution in [0.1, 0.15) is 46.0 Å². The Balaban J connectivity index is 3.98. The Hall–Kier alpha value is -1.30. The Labute approximate surface area is 114 Å². The van der Waals surface area contributed by atoms with E-state index < -0.39 is 17.5 Å². The fraction of sp³-hybridized carbons (Fsp3) is 0.846. The molecule has 0 aliphatic rings. The third kappa shape index (κ3) is 6.42. The van der Waals surface area contributed by atoms with Gasteiger partial charge in [0.15, 0.2) is 0 Å². The molecule has 0 unspecified atom stereocenters. The molecule has 0 fully saturated rings. The lowest BCUT2D eigenvalue weighted by Crippen LogP contribution is -2.56. The number of unbranched alkanes of at least 4 members (excludes halogenated alkanes) is 2. The van der Waals surface area contributed by atoms with Crippen molar-refractivity contribution >= 4 is 12.0 Å². The van der Waals surface area contributed by atoms with Gasteiger partial charge in [0.25, 0.3) is 0 Å². The third-order valence-corrected chi connectivity index (χ3v) is 3.28. The van der Waals surface area contributed by atoms with Crippen LogP contribution in [0.25, 0.3) is 0 Å². The van der Waals surface area contributed by atoms with Crippen molar-refractivity contribution in [1.29, 1.82) is 0 Å².